The normalized spacial score (nSPS) is 12.9. The van der Waals surface area contributed by atoms with Crippen molar-refractivity contribution in [2.75, 3.05) is 7.05 Å². The van der Waals surface area contributed by atoms with Crippen LogP contribution in [0.25, 0.3) is 11.1 Å². The van der Waals surface area contributed by atoms with E-state index in [2.05, 4.69) is 20.7 Å². The summed E-state index contributed by atoms with van der Waals surface area (Å²) in [5.41, 5.74) is -0.283. The third-order valence-corrected chi connectivity index (χ3v) is 6.95. The molecule has 0 aliphatic carbocycles. The zero-order valence-electron chi connectivity index (χ0n) is 23.8. The van der Waals surface area contributed by atoms with Crippen molar-refractivity contribution in [1.82, 2.24) is 25.4 Å². The average Bonchev–Trinajstić information content (AvgIpc) is 3.47. The number of amides is 2. The molecule has 0 bridgehead atoms. The minimum absolute atomic E-state index is 0.158. The molecule has 13 heteroatoms. The Morgan fingerprint density at radius 2 is 1.73 bits per heavy atom. The molecule has 0 radical (unpaired) electrons. The van der Waals surface area contributed by atoms with Crippen LogP contribution in [-0.2, 0) is 17.4 Å². The summed E-state index contributed by atoms with van der Waals surface area (Å²) >= 11 is 0. The lowest BCUT2D eigenvalue weighted by atomic mass is 9.94. The number of carbonyl (C=O) groups is 2. The molecule has 2 atom stereocenters. The molecular weight excluding hydrogens is 588 g/mol. The first-order chi connectivity index (χ1) is 20.9. The first kappa shape index (κ1) is 32.2. The van der Waals surface area contributed by atoms with Gasteiger partial charge in [0.05, 0.1) is 17.3 Å². The molecule has 0 aliphatic heterocycles. The van der Waals surface area contributed by atoms with E-state index in [1.165, 1.54) is 25.4 Å². The van der Waals surface area contributed by atoms with Gasteiger partial charge in [-0.2, -0.15) is 18.3 Å². The Balaban J connectivity index is 1.79. The van der Waals surface area contributed by atoms with E-state index in [9.17, 15) is 35.9 Å². The fraction of sp³-hybridized carbons (Fsp3) is 0.290. The molecular formula is C31H29F6N5O2. The van der Waals surface area contributed by atoms with Gasteiger partial charge in [-0.05, 0) is 60.4 Å². The maximum atomic E-state index is 14.5. The number of benzene rings is 2. The van der Waals surface area contributed by atoms with Crippen LogP contribution in [0.4, 0.5) is 26.3 Å². The number of pyridine rings is 1. The van der Waals surface area contributed by atoms with Crippen LogP contribution in [0, 0.1) is 17.5 Å². The Labute approximate surface area is 249 Å². The van der Waals surface area contributed by atoms with Crippen molar-refractivity contribution in [3.8, 4) is 11.1 Å². The van der Waals surface area contributed by atoms with Gasteiger partial charge >= 0.3 is 6.18 Å². The molecule has 0 aliphatic rings. The fourth-order valence-electron chi connectivity index (χ4n) is 4.83. The third kappa shape index (κ3) is 7.63. The first-order valence-corrected chi connectivity index (χ1v) is 13.8. The molecule has 4 aromatic rings. The van der Waals surface area contributed by atoms with Gasteiger partial charge in [-0.1, -0.05) is 31.9 Å². The first-order valence-electron chi connectivity index (χ1n) is 13.8. The van der Waals surface area contributed by atoms with Gasteiger partial charge in [0, 0.05) is 31.1 Å². The molecule has 44 heavy (non-hydrogen) atoms. The van der Waals surface area contributed by atoms with Crippen molar-refractivity contribution in [3.63, 3.8) is 0 Å². The minimum Gasteiger partial charge on any atom is -0.355 e. The second kappa shape index (κ2) is 13.7. The highest BCUT2D eigenvalue weighted by Gasteiger charge is 2.35. The van der Waals surface area contributed by atoms with Gasteiger partial charge in [0.25, 0.3) is 5.91 Å². The van der Waals surface area contributed by atoms with Crippen LogP contribution in [0.15, 0.2) is 67.0 Å². The van der Waals surface area contributed by atoms with Crippen molar-refractivity contribution in [1.29, 1.82) is 0 Å². The molecule has 2 heterocycles. The van der Waals surface area contributed by atoms with Crippen LogP contribution in [0.3, 0.4) is 0 Å². The quantitative estimate of drug-likeness (QED) is 0.186. The number of rotatable bonds is 11. The average molecular weight is 618 g/mol. The molecule has 232 valence electrons. The molecule has 7 nitrogen and oxygen atoms in total. The number of aromatic nitrogens is 3. The maximum absolute atomic E-state index is 14.5. The van der Waals surface area contributed by atoms with E-state index in [1.807, 2.05) is 6.92 Å². The summed E-state index contributed by atoms with van der Waals surface area (Å²) < 4.78 is 83.6. The largest absolute Gasteiger partial charge is 0.435 e. The van der Waals surface area contributed by atoms with E-state index in [-0.39, 0.29) is 29.7 Å². The highest BCUT2D eigenvalue weighted by atomic mass is 19.4. The van der Waals surface area contributed by atoms with Gasteiger partial charge < -0.3 is 10.6 Å². The highest BCUT2D eigenvalue weighted by molar-refractivity contribution is 5.95. The van der Waals surface area contributed by atoms with Crippen LogP contribution in [0.1, 0.15) is 65.6 Å². The van der Waals surface area contributed by atoms with E-state index in [0.29, 0.717) is 30.0 Å². The summed E-state index contributed by atoms with van der Waals surface area (Å²) in [6.07, 6.45) is -1.09. The Kier molecular flexibility index (Phi) is 10.1. The number of nitrogens with zero attached hydrogens (tertiary/aromatic N) is 3. The summed E-state index contributed by atoms with van der Waals surface area (Å²) in [5, 5.41) is 8.76. The van der Waals surface area contributed by atoms with Crippen molar-refractivity contribution in [2.45, 2.75) is 50.9 Å². The second-order valence-electron chi connectivity index (χ2n) is 10.1. The Morgan fingerprint density at radius 1 is 1.00 bits per heavy atom. The van der Waals surface area contributed by atoms with E-state index < -0.39 is 53.2 Å². The van der Waals surface area contributed by atoms with Crippen LogP contribution in [-0.4, -0.2) is 33.6 Å². The number of nitrogens with one attached hydrogen (secondary N) is 2. The van der Waals surface area contributed by atoms with E-state index >= 15 is 0 Å². The van der Waals surface area contributed by atoms with E-state index in [0.717, 1.165) is 35.1 Å². The molecule has 2 N–H and O–H groups in total. The summed E-state index contributed by atoms with van der Waals surface area (Å²) in [6, 6.07) is 8.45. The number of unbranched alkanes of at least 4 members (excludes halogenated alkanes) is 1. The molecule has 0 spiro atoms. The van der Waals surface area contributed by atoms with E-state index in [1.54, 1.807) is 12.1 Å². The zero-order chi connectivity index (χ0) is 32.0. The van der Waals surface area contributed by atoms with Gasteiger partial charge in [0.1, 0.15) is 23.5 Å². The van der Waals surface area contributed by atoms with Crippen molar-refractivity contribution in [3.05, 3.63) is 107 Å². The van der Waals surface area contributed by atoms with Gasteiger partial charge in [0.15, 0.2) is 5.69 Å². The second-order valence-corrected chi connectivity index (χ2v) is 10.1. The SMILES string of the molecule is CCCCC(C(=O)NC(Cc1cc(F)cc(F)c1)c1ncccc1-c1ccc(F)c(C(=O)NC)c1)n1ccc(C(F)(F)F)n1. The predicted molar refractivity (Wildman–Crippen MR) is 150 cm³/mol. The smallest absolute Gasteiger partial charge is 0.355 e. The lowest BCUT2D eigenvalue weighted by Gasteiger charge is -2.25. The van der Waals surface area contributed by atoms with Crippen LogP contribution in [0.5, 0.6) is 0 Å². The van der Waals surface area contributed by atoms with Crippen molar-refractivity contribution < 1.29 is 35.9 Å². The van der Waals surface area contributed by atoms with Crippen molar-refractivity contribution in [2.24, 2.45) is 0 Å². The molecule has 4 rings (SSSR count). The summed E-state index contributed by atoms with van der Waals surface area (Å²) in [7, 11) is 1.35. The Hall–Kier alpha value is -4.68. The van der Waals surface area contributed by atoms with Crippen LogP contribution < -0.4 is 10.6 Å². The molecule has 2 unspecified atom stereocenters. The lowest BCUT2D eigenvalue weighted by molar-refractivity contribution is -0.142. The zero-order valence-corrected chi connectivity index (χ0v) is 23.8. The predicted octanol–water partition coefficient (Wildman–Crippen LogP) is 6.57. The van der Waals surface area contributed by atoms with Gasteiger partial charge in [-0.15, -0.1) is 0 Å². The monoisotopic (exact) mass is 617 g/mol. The number of hydrogen-bond donors (Lipinski definition) is 2. The van der Waals surface area contributed by atoms with Crippen LogP contribution >= 0.6 is 0 Å². The molecule has 2 aromatic carbocycles. The lowest BCUT2D eigenvalue weighted by Crippen LogP contribution is -2.37. The van der Waals surface area contributed by atoms with Gasteiger partial charge in [0.2, 0.25) is 5.91 Å². The molecule has 2 aromatic heterocycles. The molecule has 0 saturated heterocycles. The summed E-state index contributed by atoms with van der Waals surface area (Å²) in [4.78, 5) is 30.5. The third-order valence-electron chi connectivity index (χ3n) is 6.95. The Morgan fingerprint density at radius 3 is 2.36 bits per heavy atom. The minimum atomic E-state index is -4.72. The van der Waals surface area contributed by atoms with Gasteiger partial charge in [-0.25, -0.2) is 13.2 Å². The highest BCUT2D eigenvalue weighted by Crippen LogP contribution is 2.32. The van der Waals surface area contributed by atoms with Gasteiger partial charge in [-0.3, -0.25) is 19.3 Å². The number of hydrogen-bond acceptors (Lipinski definition) is 4. The Bertz CT molecular complexity index is 1620. The molecule has 2 amide bonds. The standard InChI is InChI=1S/C31H29F6N5O2/c1-3-4-7-26(42-12-10-27(41-42)31(35,36)37)30(44)40-25(15-18-13-20(32)17-21(33)14-18)28-22(6-5-11-39-28)19-8-9-24(34)23(16-19)29(43)38-2/h5-6,8-14,16-17,25-26H,3-4,7,15H2,1-2H3,(H,38,43)(H,40,44). The fourth-order valence-corrected chi connectivity index (χ4v) is 4.83. The number of carbonyl (C=O) groups excluding carboxylic acids is 2. The van der Waals surface area contributed by atoms with E-state index in [4.69, 9.17) is 0 Å². The number of halogens is 6. The summed E-state index contributed by atoms with van der Waals surface area (Å²) in [5.74, 6) is -3.84. The summed E-state index contributed by atoms with van der Waals surface area (Å²) in [6.45, 7) is 1.86. The van der Waals surface area contributed by atoms with Crippen LogP contribution in [0.2, 0.25) is 0 Å². The topological polar surface area (TPSA) is 88.9 Å². The van der Waals surface area contributed by atoms with Crippen molar-refractivity contribution >= 4 is 11.8 Å². The maximum Gasteiger partial charge on any atom is 0.435 e. The molecule has 0 fully saturated rings. The molecule has 0 saturated carbocycles. The number of alkyl halides is 3.